The molecule has 21 heavy (non-hydrogen) atoms. The monoisotopic (exact) mass is 346 g/mol. The molecule has 0 spiro atoms. The molecule has 0 bridgehead atoms. The number of hydrogen-bond acceptors (Lipinski definition) is 3. The Kier molecular flexibility index (Phi) is 5.11. The van der Waals surface area contributed by atoms with E-state index in [4.69, 9.17) is 4.74 Å². The minimum absolute atomic E-state index is 0.310. The van der Waals surface area contributed by atoms with Crippen molar-refractivity contribution >= 4 is 28.1 Å². The van der Waals surface area contributed by atoms with Crippen molar-refractivity contribution < 1.29 is 9.53 Å². The molecule has 0 atom stereocenters. The molecule has 0 aliphatic carbocycles. The zero-order chi connectivity index (χ0) is 15.2. The number of aryl methyl sites for hydroxylation is 1. The number of halogens is 1. The first-order valence-electron chi connectivity index (χ1n) is 6.34. The number of nitrogens with zero attached hydrogens (tertiary/aromatic N) is 1. The average Bonchev–Trinajstić information content (AvgIpc) is 2.50. The van der Waals surface area contributed by atoms with Gasteiger partial charge >= 0.3 is 0 Å². The van der Waals surface area contributed by atoms with Gasteiger partial charge in [0.25, 0.3) is 5.91 Å². The lowest BCUT2D eigenvalue weighted by Gasteiger charge is -2.06. The van der Waals surface area contributed by atoms with E-state index in [0.29, 0.717) is 11.3 Å². The van der Waals surface area contributed by atoms with E-state index in [2.05, 4.69) is 26.5 Å². The molecule has 0 fully saturated rings. The van der Waals surface area contributed by atoms with Gasteiger partial charge in [0.1, 0.15) is 5.75 Å². The molecule has 5 heteroatoms. The van der Waals surface area contributed by atoms with E-state index in [9.17, 15) is 4.79 Å². The minimum atomic E-state index is -0.310. The fraction of sp³-hybridized carbons (Fsp3) is 0.125. The van der Waals surface area contributed by atoms with Crippen LogP contribution in [-0.4, -0.2) is 19.2 Å². The SMILES string of the molecule is COc1ccccc1C(=O)NN=Cc1ccc(C)c(Br)c1. The third-order valence-corrected chi connectivity index (χ3v) is 3.78. The van der Waals surface area contributed by atoms with Gasteiger partial charge in [-0.05, 0) is 36.2 Å². The third kappa shape index (κ3) is 3.92. The Balaban J connectivity index is 2.06. The van der Waals surface area contributed by atoms with Crippen molar-refractivity contribution in [2.24, 2.45) is 5.10 Å². The van der Waals surface area contributed by atoms with Gasteiger partial charge in [0, 0.05) is 4.47 Å². The number of amides is 1. The maximum absolute atomic E-state index is 12.0. The molecular formula is C16H15BrN2O2. The van der Waals surface area contributed by atoms with Crippen molar-refractivity contribution in [3.05, 3.63) is 63.6 Å². The summed E-state index contributed by atoms with van der Waals surface area (Å²) >= 11 is 3.46. The standard InChI is InChI=1S/C16H15BrN2O2/c1-11-7-8-12(9-14(11)17)10-18-19-16(20)13-5-3-4-6-15(13)21-2/h3-10H,1-2H3,(H,19,20). The predicted octanol–water partition coefficient (Wildman–Crippen LogP) is 3.53. The number of para-hydroxylation sites is 1. The summed E-state index contributed by atoms with van der Waals surface area (Å²) in [5.74, 6) is 0.207. The zero-order valence-corrected chi connectivity index (χ0v) is 13.3. The second-order valence-corrected chi connectivity index (χ2v) is 5.26. The van der Waals surface area contributed by atoms with Crippen LogP contribution in [0.15, 0.2) is 52.0 Å². The third-order valence-electron chi connectivity index (χ3n) is 2.93. The Hall–Kier alpha value is -2.14. The molecule has 0 unspecified atom stereocenters. The summed E-state index contributed by atoms with van der Waals surface area (Å²) in [6.07, 6.45) is 1.59. The smallest absolute Gasteiger partial charge is 0.275 e. The van der Waals surface area contributed by atoms with Gasteiger partial charge in [-0.25, -0.2) is 5.43 Å². The van der Waals surface area contributed by atoms with E-state index in [0.717, 1.165) is 15.6 Å². The number of benzene rings is 2. The lowest BCUT2D eigenvalue weighted by molar-refractivity contribution is 0.0952. The van der Waals surface area contributed by atoms with E-state index < -0.39 is 0 Å². The average molecular weight is 347 g/mol. The number of methoxy groups -OCH3 is 1. The summed E-state index contributed by atoms with van der Waals surface area (Å²) in [6.45, 7) is 2.01. The number of nitrogens with one attached hydrogen (secondary N) is 1. The number of ether oxygens (including phenoxy) is 1. The van der Waals surface area contributed by atoms with E-state index in [1.54, 1.807) is 24.4 Å². The molecule has 1 N–H and O–H groups in total. The number of rotatable bonds is 4. The van der Waals surface area contributed by atoms with Gasteiger partial charge in [-0.1, -0.05) is 40.2 Å². The van der Waals surface area contributed by atoms with Crippen LogP contribution in [0.25, 0.3) is 0 Å². The largest absolute Gasteiger partial charge is 0.496 e. The molecule has 2 aromatic rings. The fourth-order valence-corrected chi connectivity index (χ4v) is 2.14. The Morgan fingerprint density at radius 2 is 2.05 bits per heavy atom. The van der Waals surface area contributed by atoms with Crippen molar-refractivity contribution in [1.29, 1.82) is 0 Å². The van der Waals surface area contributed by atoms with Crippen molar-refractivity contribution in [2.45, 2.75) is 6.92 Å². The van der Waals surface area contributed by atoms with Crippen molar-refractivity contribution in [1.82, 2.24) is 5.43 Å². The summed E-state index contributed by atoms with van der Waals surface area (Å²) in [5.41, 5.74) is 4.98. The molecule has 0 aliphatic rings. The number of carbonyl (C=O) groups is 1. The fourth-order valence-electron chi connectivity index (χ4n) is 1.75. The molecule has 0 radical (unpaired) electrons. The Labute approximate surface area is 132 Å². The van der Waals surface area contributed by atoms with Gasteiger partial charge in [0.2, 0.25) is 0 Å². The van der Waals surface area contributed by atoms with Gasteiger partial charge in [-0.2, -0.15) is 5.10 Å². The summed E-state index contributed by atoms with van der Waals surface area (Å²) < 4.78 is 6.14. The van der Waals surface area contributed by atoms with Gasteiger partial charge in [-0.15, -0.1) is 0 Å². The lowest BCUT2D eigenvalue weighted by atomic mass is 10.2. The lowest BCUT2D eigenvalue weighted by Crippen LogP contribution is -2.18. The number of hydrogen-bond donors (Lipinski definition) is 1. The molecule has 108 valence electrons. The van der Waals surface area contributed by atoms with Gasteiger partial charge in [0.15, 0.2) is 0 Å². The highest BCUT2D eigenvalue weighted by Gasteiger charge is 2.09. The first-order chi connectivity index (χ1) is 10.1. The van der Waals surface area contributed by atoms with Crippen molar-refractivity contribution in [2.75, 3.05) is 7.11 Å². The highest BCUT2D eigenvalue weighted by molar-refractivity contribution is 9.10. The first kappa shape index (κ1) is 15.3. The van der Waals surface area contributed by atoms with Crippen molar-refractivity contribution in [3.8, 4) is 5.75 Å². The summed E-state index contributed by atoms with van der Waals surface area (Å²) in [4.78, 5) is 12.0. The molecule has 0 saturated carbocycles. The summed E-state index contributed by atoms with van der Waals surface area (Å²) in [5, 5.41) is 3.96. The highest BCUT2D eigenvalue weighted by atomic mass is 79.9. The topological polar surface area (TPSA) is 50.7 Å². The maximum atomic E-state index is 12.0. The van der Waals surface area contributed by atoms with E-state index >= 15 is 0 Å². The predicted molar refractivity (Wildman–Crippen MR) is 86.9 cm³/mol. The van der Waals surface area contributed by atoms with Crippen LogP contribution >= 0.6 is 15.9 Å². The molecule has 0 aliphatic heterocycles. The van der Waals surface area contributed by atoms with Crippen LogP contribution < -0.4 is 10.2 Å². The zero-order valence-electron chi connectivity index (χ0n) is 11.8. The Morgan fingerprint density at radius 1 is 1.29 bits per heavy atom. The Bertz CT molecular complexity index is 684. The molecule has 1 amide bonds. The Morgan fingerprint density at radius 3 is 2.76 bits per heavy atom. The highest BCUT2D eigenvalue weighted by Crippen LogP contribution is 2.17. The molecule has 4 nitrogen and oxygen atoms in total. The second-order valence-electron chi connectivity index (χ2n) is 4.41. The molecule has 2 aromatic carbocycles. The molecular weight excluding hydrogens is 332 g/mol. The first-order valence-corrected chi connectivity index (χ1v) is 7.13. The summed E-state index contributed by atoms with van der Waals surface area (Å²) in [7, 11) is 1.53. The number of hydrazone groups is 1. The van der Waals surface area contributed by atoms with Crippen LogP contribution in [0.4, 0.5) is 0 Å². The van der Waals surface area contributed by atoms with Crippen LogP contribution in [0.3, 0.4) is 0 Å². The van der Waals surface area contributed by atoms with Crippen LogP contribution in [-0.2, 0) is 0 Å². The van der Waals surface area contributed by atoms with Crippen LogP contribution in [0.5, 0.6) is 5.75 Å². The van der Waals surface area contributed by atoms with Crippen molar-refractivity contribution in [3.63, 3.8) is 0 Å². The molecule has 2 rings (SSSR count). The van der Waals surface area contributed by atoms with Crippen LogP contribution in [0.1, 0.15) is 21.5 Å². The second kappa shape index (κ2) is 7.04. The van der Waals surface area contributed by atoms with Gasteiger partial charge < -0.3 is 4.74 Å². The van der Waals surface area contributed by atoms with Crippen LogP contribution in [0, 0.1) is 6.92 Å². The summed E-state index contributed by atoms with van der Waals surface area (Å²) in [6, 6.07) is 12.9. The quantitative estimate of drug-likeness (QED) is 0.680. The van der Waals surface area contributed by atoms with E-state index in [1.807, 2.05) is 31.2 Å². The normalized spacial score (nSPS) is 10.6. The molecule has 0 aromatic heterocycles. The van der Waals surface area contributed by atoms with Gasteiger partial charge in [0.05, 0.1) is 18.9 Å². The van der Waals surface area contributed by atoms with E-state index in [1.165, 1.54) is 7.11 Å². The molecule has 0 saturated heterocycles. The van der Waals surface area contributed by atoms with Crippen LogP contribution in [0.2, 0.25) is 0 Å². The van der Waals surface area contributed by atoms with Gasteiger partial charge in [-0.3, -0.25) is 4.79 Å². The minimum Gasteiger partial charge on any atom is -0.496 e. The maximum Gasteiger partial charge on any atom is 0.275 e. The number of carbonyl (C=O) groups excluding carboxylic acids is 1. The van der Waals surface area contributed by atoms with E-state index in [-0.39, 0.29) is 5.91 Å². The molecule has 0 heterocycles.